The monoisotopic (exact) mass is 298 g/mol. The molecular weight excluding hydrogens is 293 g/mol. The van der Waals surface area contributed by atoms with Gasteiger partial charge in [0.2, 0.25) is 0 Å². The number of carbonyl (C=O) groups is 1. The standard InChI is InChI=1S/C8H6BrF3N2O2/c9-5-16-14(7(15)8(10,11)12)6-3-1-2-4-13-6/h1-4H,5H2. The van der Waals surface area contributed by atoms with Crippen LogP contribution in [0.25, 0.3) is 0 Å². The van der Waals surface area contributed by atoms with E-state index in [2.05, 4.69) is 25.8 Å². The van der Waals surface area contributed by atoms with Gasteiger partial charge in [-0.2, -0.15) is 18.2 Å². The Morgan fingerprint density at radius 3 is 2.62 bits per heavy atom. The molecule has 0 saturated heterocycles. The van der Waals surface area contributed by atoms with Crippen LogP contribution in [0.1, 0.15) is 0 Å². The highest BCUT2D eigenvalue weighted by Crippen LogP contribution is 2.22. The van der Waals surface area contributed by atoms with Crippen LogP contribution in [0.4, 0.5) is 19.0 Å². The molecule has 1 aromatic rings. The van der Waals surface area contributed by atoms with Crippen molar-refractivity contribution in [2.75, 3.05) is 10.6 Å². The Bertz CT molecular complexity index is 358. The quantitative estimate of drug-likeness (QED) is 0.635. The first-order valence-corrected chi connectivity index (χ1v) is 5.10. The number of anilines is 1. The van der Waals surface area contributed by atoms with E-state index >= 15 is 0 Å². The molecule has 1 rings (SSSR count). The number of amides is 1. The Labute approximate surface area is 97.1 Å². The predicted molar refractivity (Wildman–Crippen MR) is 52.7 cm³/mol. The summed E-state index contributed by atoms with van der Waals surface area (Å²) in [4.78, 5) is 19.1. The van der Waals surface area contributed by atoms with Gasteiger partial charge in [-0.15, -0.1) is 0 Å². The molecule has 0 spiro atoms. The lowest BCUT2D eigenvalue weighted by Gasteiger charge is -2.20. The Kier molecular flexibility index (Phi) is 4.25. The summed E-state index contributed by atoms with van der Waals surface area (Å²) in [5.74, 6) is -2.37. The van der Waals surface area contributed by atoms with Crippen molar-refractivity contribution in [3.63, 3.8) is 0 Å². The maximum Gasteiger partial charge on any atom is 0.474 e. The Balaban J connectivity index is 2.97. The number of hydrogen-bond donors (Lipinski definition) is 0. The zero-order valence-corrected chi connectivity index (χ0v) is 9.33. The molecule has 0 N–H and O–H groups in total. The van der Waals surface area contributed by atoms with Gasteiger partial charge in [0.25, 0.3) is 0 Å². The van der Waals surface area contributed by atoms with Crippen molar-refractivity contribution >= 4 is 27.7 Å². The summed E-state index contributed by atoms with van der Waals surface area (Å²) in [5.41, 5.74) is -0.259. The van der Waals surface area contributed by atoms with Crippen molar-refractivity contribution in [1.29, 1.82) is 0 Å². The maximum atomic E-state index is 12.2. The molecule has 8 heteroatoms. The molecule has 4 nitrogen and oxygen atoms in total. The normalized spacial score (nSPS) is 11.2. The van der Waals surface area contributed by atoms with Crippen LogP contribution in [0.5, 0.6) is 0 Å². The van der Waals surface area contributed by atoms with Gasteiger partial charge < -0.3 is 0 Å². The van der Waals surface area contributed by atoms with E-state index in [9.17, 15) is 18.0 Å². The summed E-state index contributed by atoms with van der Waals surface area (Å²) in [6.45, 7) is 0. The van der Waals surface area contributed by atoms with Crippen LogP contribution in [0.2, 0.25) is 0 Å². The molecule has 0 aliphatic carbocycles. The minimum atomic E-state index is -5.01. The van der Waals surface area contributed by atoms with Crippen molar-refractivity contribution < 1.29 is 22.8 Å². The minimum absolute atomic E-state index is 0.0920. The lowest BCUT2D eigenvalue weighted by Crippen LogP contribution is -2.41. The molecule has 1 heterocycles. The van der Waals surface area contributed by atoms with E-state index in [1.807, 2.05) is 0 Å². The number of carbonyl (C=O) groups excluding carboxylic acids is 1. The number of rotatable bonds is 3. The fraction of sp³-hybridized carbons (Fsp3) is 0.250. The first-order valence-electron chi connectivity index (χ1n) is 3.98. The smallest absolute Gasteiger partial charge is 0.261 e. The van der Waals surface area contributed by atoms with Crippen LogP contribution >= 0.6 is 15.9 Å². The second-order valence-electron chi connectivity index (χ2n) is 2.52. The highest BCUT2D eigenvalue weighted by Gasteiger charge is 2.44. The van der Waals surface area contributed by atoms with E-state index in [0.717, 1.165) is 0 Å². The van der Waals surface area contributed by atoms with Gasteiger partial charge in [0, 0.05) is 6.20 Å². The summed E-state index contributed by atoms with van der Waals surface area (Å²) in [6, 6.07) is 4.18. The zero-order chi connectivity index (χ0) is 12.2. The average Bonchev–Trinajstić information content (AvgIpc) is 2.25. The lowest BCUT2D eigenvalue weighted by molar-refractivity contribution is -0.177. The van der Waals surface area contributed by atoms with Gasteiger partial charge in [-0.25, -0.2) is 4.98 Å². The summed E-state index contributed by atoms with van der Waals surface area (Å²) in [7, 11) is 0. The van der Waals surface area contributed by atoms with E-state index in [1.54, 1.807) is 0 Å². The molecular formula is C8H6BrF3N2O2. The molecule has 0 aliphatic rings. The minimum Gasteiger partial charge on any atom is -0.261 e. The summed E-state index contributed by atoms with van der Waals surface area (Å²) >= 11 is 2.77. The van der Waals surface area contributed by atoms with Gasteiger partial charge in [-0.1, -0.05) is 22.0 Å². The first kappa shape index (κ1) is 12.9. The molecule has 0 radical (unpaired) electrons. The van der Waals surface area contributed by atoms with Crippen molar-refractivity contribution in [2.45, 2.75) is 6.18 Å². The van der Waals surface area contributed by atoms with Gasteiger partial charge in [0.1, 0.15) is 5.52 Å². The number of hydroxylamine groups is 1. The van der Waals surface area contributed by atoms with E-state index in [-0.39, 0.29) is 16.4 Å². The van der Waals surface area contributed by atoms with Gasteiger partial charge in [0.05, 0.1) is 0 Å². The number of pyridine rings is 1. The molecule has 88 valence electrons. The molecule has 1 aromatic heterocycles. The van der Waals surface area contributed by atoms with Gasteiger partial charge in [-0.05, 0) is 12.1 Å². The van der Waals surface area contributed by atoms with Crippen molar-refractivity contribution in [3.05, 3.63) is 24.4 Å². The molecule has 0 bridgehead atoms. The van der Waals surface area contributed by atoms with E-state index < -0.39 is 12.1 Å². The third kappa shape index (κ3) is 3.17. The predicted octanol–water partition coefficient (Wildman–Crippen LogP) is 2.26. The van der Waals surface area contributed by atoms with E-state index in [0.29, 0.717) is 0 Å². The lowest BCUT2D eigenvalue weighted by atomic mass is 10.4. The number of nitrogens with zero attached hydrogens (tertiary/aromatic N) is 2. The van der Waals surface area contributed by atoms with Gasteiger partial charge >= 0.3 is 12.1 Å². The first-order chi connectivity index (χ1) is 7.46. The number of aromatic nitrogens is 1. The topological polar surface area (TPSA) is 42.4 Å². The van der Waals surface area contributed by atoms with E-state index in [1.165, 1.54) is 24.4 Å². The Morgan fingerprint density at radius 2 is 2.19 bits per heavy atom. The molecule has 0 aromatic carbocycles. The van der Waals surface area contributed by atoms with Crippen LogP contribution in [0.3, 0.4) is 0 Å². The molecule has 0 aliphatic heterocycles. The molecule has 0 atom stereocenters. The summed E-state index contributed by atoms with van der Waals surface area (Å²) in [5, 5.41) is 0.0920. The van der Waals surface area contributed by atoms with Crippen molar-refractivity contribution in [2.24, 2.45) is 0 Å². The Hall–Kier alpha value is -1.15. The van der Waals surface area contributed by atoms with Crippen LogP contribution in [0.15, 0.2) is 24.4 Å². The molecule has 1 amide bonds. The van der Waals surface area contributed by atoms with Crippen molar-refractivity contribution in [3.8, 4) is 0 Å². The Morgan fingerprint density at radius 1 is 1.50 bits per heavy atom. The fourth-order valence-corrected chi connectivity index (χ4v) is 1.07. The SMILES string of the molecule is O=C(N(OCBr)c1ccccn1)C(F)(F)F. The van der Waals surface area contributed by atoms with Crippen molar-refractivity contribution in [1.82, 2.24) is 4.98 Å². The zero-order valence-electron chi connectivity index (χ0n) is 7.74. The second-order valence-corrected chi connectivity index (χ2v) is 2.98. The molecule has 16 heavy (non-hydrogen) atoms. The third-order valence-corrected chi connectivity index (χ3v) is 1.67. The molecule has 0 unspecified atom stereocenters. The van der Waals surface area contributed by atoms with Gasteiger partial charge in [0.15, 0.2) is 5.82 Å². The van der Waals surface area contributed by atoms with Gasteiger partial charge in [-0.3, -0.25) is 9.63 Å². The van der Waals surface area contributed by atoms with Crippen LogP contribution in [-0.4, -0.2) is 22.6 Å². The largest absolute Gasteiger partial charge is 0.474 e. The number of halogens is 4. The van der Waals surface area contributed by atoms with Crippen LogP contribution < -0.4 is 5.06 Å². The van der Waals surface area contributed by atoms with Crippen LogP contribution in [-0.2, 0) is 9.63 Å². The highest BCUT2D eigenvalue weighted by atomic mass is 79.9. The third-order valence-electron chi connectivity index (χ3n) is 1.46. The number of alkyl halides is 4. The molecule has 0 fully saturated rings. The van der Waals surface area contributed by atoms with Crippen LogP contribution in [0, 0.1) is 0 Å². The summed E-state index contributed by atoms with van der Waals surface area (Å²) < 4.78 is 36.6. The average molecular weight is 299 g/mol. The fourth-order valence-electron chi connectivity index (χ4n) is 0.867. The summed E-state index contributed by atoms with van der Waals surface area (Å²) in [6.07, 6.45) is -3.76. The maximum absolute atomic E-state index is 12.2. The number of hydrogen-bond acceptors (Lipinski definition) is 3. The highest BCUT2D eigenvalue weighted by molar-refractivity contribution is 9.09. The van der Waals surface area contributed by atoms with E-state index in [4.69, 9.17) is 0 Å². The molecule has 0 saturated carbocycles. The second kappa shape index (κ2) is 5.26.